The molecule has 0 saturated heterocycles. The van der Waals surface area contributed by atoms with E-state index in [0.29, 0.717) is 6.54 Å². The molecule has 0 aliphatic rings. The zero-order valence-corrected chi connectivity index (χ0v) is 5.52. The topological polar surface area (TPSA) is 26.0 Å². The molecular formula is C7H13N. The molecule has 8 heavy (non-hydrogen) atoms. The molecule has 0 amide bonds. The van der Waals surface area contributed by atoms with E-state index in [1.807, 2.05) is 32.1 Å². The summed E-state index contributed by atoms with van der Waals surface area (Å²) in [6, 6.07) is 0. The average Bonchev–Trinajstić information content (AvgIpc) is 1.68. The highest BCUT2D eigenvalue weighted by molar-refractivity contribution is 5.15. The maximum atomic E-state index is 5.25. The van der Waals surface area contributed by atoms with Crippen LogP contribution in [0.15, 0.2) is 23.8 Å². The van der Waals surface area contributed by atoms with Gasteiger partial charge in [0.05, 0.1) is 0 Å². The van der Waals surface area contributed by atoms with Crippen LogP contribution >= 0.6 is 0 Å². The first kappa shape index (κ1) is 7.44. The molecule has 0 aromatic rings. The molecule has 0 aromatic heterocycles. The fraction of sp³-hybridized carbons (Fsp3) is 0.429. The third-order valence-corrected chi connectivity index (χ3v) is 0.869. The van der Waals surface area contributed by atoms with Gasteiger partial charge in [-0.25, -0.2) is 0 Å². The normalized spacial score (nSPS) is 13.1. The summed E-state index contributed by atoms with van der Waals surface area (Å²) in [4.78, 5) is 0. The van der Waals surface area contributed by atoms with Crippen LogP contribution in [0.25, 0.3) is 0 Å². The first-order chi connectivity index (χ1) is 3.81. The van der Waals surface area contributed by atoms with Gasteiger partial charge in [0.15, 0.2) is 0 Å². The molecule has 0 spiro atoms. The van der Waals surface area contributed by atoms with Gasteiger partial charge in [-0.15, -0.1) is 0 Å². The lowest BCUT2D eigenvalue weighted by atomic mass is 10.2. The van der Waals surface area contributed by atoms with Gasteiger partial charge in [-0.2, -0.15) is 0 Å². The van der Waals surface area contributed by atoms with Crippen LogP contribution in [-0.4, -0.2) is 6.54 Å². The summed E-state index contributed by atoms with van der Waals surface area (Å²) < 4.78 is 0. The summed E-state index contributed by atoms with van der Waals surface area (Å²) in [5, 5.41) is 0. The van der Waals surface area contributed by atoms with E-state index in [1.165, 1.54) is 5.57 Å². The van der Waals surface area contributed by atoms with Crippen molar-refractivity contribution in [2.24, 2.45) is 5.73 Å². The zero-order valence-electron chi connectivity index (χ0n) is 5.52. The first-order valence-electron chi connectivity index (χ1n) is 2.80. The summed E-state index contributed by atoms with van der Waals surface area (Å²) in [7, 11) is 0. The molecule has 0 aromatic carbocycles. The van der Waals surface area contributed by atoms with Crippen LogP contribution in [0.3, 0.4) is 0 Å². The van der Waals surface area contributed by atoms with Crippen LogP contribution < -0.4 is 5.73 Å². The van der Waals surface area contributed by atoms with Crippen molar-refractivity contribution in [2.75, 3.05) is 6.54 Å². The van der Waals surface area contributed by atoms with Crippen molar-refractivity contribution in [1.29, 1.82) is 0 Å². The van der Waals surface area contributed by atoms with Gasteiger partial charge in [-0.1, -0.05) is 23.8 Å². The molecule has 0 rings (SSSR count). The molecule has 2 N–H and O–H groups in total. The van der Waals surface area contributed by atoms with Gasteiger partial charge in [0, 0.05) is 6.54 Å². The highest BCUT2D eigenvalue weighted by Gasteiger charge is 1.74. The van der Waals surface area contributed by atoms with E-state index in [4.69, 9.17) is 5.73 Å². The Morgan fingerprint density at radius 3 is 2.62 bits per heavy atom. The molecule has 0 aliphatic carbocycles. The van der Waals surface area contributed by atoms with Gasteiger partial charge in [0.2, 0.25) is 0 Å². The van der Waals surface area contributed by atoms with E-state index >= 15 is 0 Å². The van der Waals surface area contributed by atoms with Gasteiger partial charge in [0.25, 0.3) is 0 Å². The molecule has 0 aliphatic heterocycles. The predicted octanol–water partition coefficient (Wildman–Crippen LogP) is 1.47. The van der Waals surface area contributed by atoms with Crippen LogP contribution in [0.5, 0.6) is 0 Å². The van der Waals surface area contributed by atoms with E-state index in [0.717, 1.165) is 0 Å². The maximum Gasteiger partial charge on any atom is 0.0112 e. The maximum absolute atomic E-state index is 5.25. The molecular weight excluding hydrogens is 98.1 g/mol. The van der Waals surface area contributed by atoms with Crippen molar-refractivity contribution in [3.8, 4) is 0 Å². The van der Waals surface area contributed by atoms with Crippen LogP contribution in [-0.2, 0) is 0 Å². The minimum absolute atomic E-state index is 0.635. The lowest BCUT2D eigenvalue weighted by Crippen LogP contribution is -1.93. The van der Waals surface area contributed by atoms with Crippen molar-refractivity contribution in [3.63, 3.8) is 0 Å². The van der Waals surface area contributed by atoms with Gasteiger partial charge >= 0.3 is 0 Å². The average molecular weight is 111 g/mol. The molecule has 1 heteroatoms. The van der Waals surface area contributed by atoms with E-state index in [2.05, 4.69) is 0 Å². The number of hydrogen-bond donors (Lipinski definition) is 1. The van der Waals surface area contributed by atoms with Gasteiger partial charge < -0.3 is 5.73 Å². The Balaban J connectivity index is 3.61. The molecule has 0 radical (unpaired) electrons. The lowest BCUT2D eigenvalue weighted by molar-refractivity contribution is 1.23. The minimum atomic E-state index is 0.635. The Bertz CT molecular complexity index is 101. The first-order valence-corrected chi connectivity index (χ1v) is 2.80. The van der Waals surface area contributed by atoms with Crippen molar-refractivity contribution >= 4 is 0 Å². The van der Waals surface area contributed by atoms with Crippen LogP contribution in [0.4, 0.5) is 0 Å². The summed E-state index contributed by atoms with van der Waals surface area (Å²) in [5.41, 5.74) is 6.48. The minimum Gasteiger partial charge on any atom is -0.327 e. The zero-order chi connectivity index (χ0) is 6.41. The Kier molecular flexibility index (Phi) is 4.27. The van der Waals surface area contributed by atoms with E-state index in [1.54, 1.807) is 0 Å². The number of rotatable bonds is 2. The monoisotopic (exact) mass is 111 g/mol. The number of nitrogens with two attached hydrogens (primary N) is 1. The predicted molar refractivity (Wildman–Crippen MR) is 37.6 cm³/mol. The SMILES string of the molecule is C/C=C/C(C)=C/CN. The van der Waals surface area contributed by atoms with E-state index in [9.17, 15) is 0 Å². The van der Waals surface area contributed by atoms with Gasteiger partial charge in [-0.3, -0.25) is 0 Å². The summed E-state index contributed by atoms with van der Waals surface area (Å²) in [5.74, 6) is 0. The Morgan fingerprint density at radius 2 is 2.25 bits per heavy atom. The number of allylic oxidation sites excluding steroid dienone is 3. The van der Waals surface area contributed by atoms with Crippen LogP contribution in [0, 0.1) is 0 Å². The molecule has 0 fully saturated rings. The highest BCUT2D eigenvalue weighted by Crippen LogP contribution is 1.91. The van der Waals surface area contributed by atoms with E-state index in [-0.39, 0.29) is 0 Å². The van der Waals surface area contributed by atoms with Gasteiger partial charge in [-0.05, 0) is 13.8 Å². The summed E-state index contributed by atoms with van der Waals surface area (Å²) >= 11 is 0. The van der Waals surface area contributed by atoms with Crippen LogP contribution in [0.2, 0.25) is 0 Å². The molecule has 46 valence electrons. The second-order valence-electron chi connectivity index (χ2n) is 1.68. The van der Waals surface area contributed by atoms with Crippen molar-refractivity contribution < 1.29 is 0 Å². The molecule has 0 atom stereocenters. The smallest absolute Gasteiger partial charge is 0.0112 e. The van der Waals surface area contributed by atoms with Crippen molar-refractivity contribution in [1.82, 2.24) is 0 Å². The second-order valence-corrected chi connectivity index (χ2v) is 1.68. The highest BCUT2D eigenvalue weighted by atomic mass is 14.5. The summed E-state index contributed by atoms with van der Waals surface area (Å²) in [6.07, 6.45) is 6.02. The Morgan fingerprint density at radius 1 is 1.62 bits per heavy atom. The fourth-order valence-corrected chi connectivity index (χ4v) is 0.517. The third-order valence-electron chi connectivity index (χ3n) is 0.869. The Labute approximate surface area is 50.9 Å². The lowest BCUT2D eigenvalue weighted by Gasteiger charge is -1.85. The molecule has 0 heterocycles. The molecule has 1 nitrogen and oxygen atoms in total. The quantitative estimate of drug-likeness (QED) is 0.536. The Hall–Kier alpha value is -0.560. The largest absolute Gasteiger partial charge is 0.327 e. The van der Waals surface area contributed by atoms with Gasteiger partial charge in [0.1, 0.15) is 0 Å². The fourth-order valence-electron chi connectivity index (χ4n) is 0.517. The van der Waals surface area contributed by atoms with Crippen molar-refractivity contribution in [2.45, 2.75) is 13.8 Å². The third kappa shape index (κ3) is 3.62. The molecule has 0 unspecified atom stereocenters. The molecule has 0 bridgehead atoms. The number of hydrogen-bond acceptors (Lipinski definition) is 1. The standard InChI is InChI=1S/C7H13N/c1-3-4-7(2)5-6-8/h3-5H,6,8H2,1-2H3/b4-3+,7-5+. The van der Waals surface area contributed by atoms with Crippen molar-refractivity contribution in [3.05, 3.63) is 23.8 Å². The molecule has 0 saturated carbocycles. The summed E-state index contributed by atoms with van der Waals surface area (Å²) in [6.45, 7) is 4.66. The van der Waals surface area contributed by atoms with Crippen LogP contribution in [0.1, 0.15) is 13.8 Å². The second kappa shape index (κ2) is 4.60. The van der Waals surface area contributed by atoms with E-state index < -0.39 is 0 Å².